The first-order valence-corrected chi connectivity index (χ1v) is 6.33. The number of hydrogen-bond acceptors (Lipinski definition) is 4. The van der Waals surface area contributed by atoms with E-state index in [9.17, 15) is 4.79 Å². The maximum absolute atomic E-state index is 12.5. The second kappa shape index (κ2) is 4.92. The van der Waals surface area contributed by atoms with Crippen molar-refractivity contribution < 1.29 is 14.3 Å². The number of ether oxygens (including phenoxy) is 2. The van der Waals surface area contributed by atoms with Gasteiger partial charge in [0, 0.05) is 26.3 Å². The number of nitrogens with two attached hydrogens (primary N) is 1. The molecule has 2 N–H and O–H groups in total. The minimum Gasteiger partial charge on any atom is -0.381 e. The van der Waals surface area contributed by atoms with Crippen LogP contribution in [0.25, 0.3) is 0 Å². The van der Waals surface area contributed by atoms with E-state index < -0.39 is 5.54 Å². The lowest BCUT2D eigenvalue weighted by molar-refractivity contribution is -0.152. The molecule has 2 heterocycles. The molecule has 0 aromatic carbocycles. The van der Waals surface area contributed by atoms with Gasteiger partial charge in [-0.15, -0.1) is 0 Å². The monoisotopic (exact) mass is 242 g/mol. The Bertz CT molecular complexity index is 279. The van der Waals surface area contributed by atoms with Crippen molar-refractivity contribution in [3.8, 4) is 0 Å². The van der Waals surface area contributed by atoms with Crippen molar-refractivity contribution in [3.63, 3.8) is 0 Å². The van der Waals surface area contributed by atoms with Crippen LogP contribution in [0, 0.1) is 0 Å². The van der Waals surface area contributed by atoms with Crippen molar-refractivity contribution in [1.82, 2.24) is 4.90 Å². The highest BCUT2D eigenvalue weighted by Gasteiger charge is 2.40. The first-order chi connectivity index (χ1) is 8.01. The summed E-state index contributed by atoms with van der Waals surface area (Å²) in [5.41, 5.74) is 5.49. The lowest BCUT2D eigenvalue weighted by Gasteiger charge is -2.41. The molecule has 98 valence electrons. The Morgan fingerprint density at radius 1 is 1.24 bits per heavy atom. The predicted molar refractivity (Wildman–Crippen MR) is 63.6 cm³/mol. The van der Waals surface area contributed by atoms with E-state index in [-0.39, 0.29) is 18.1 Å². The van der Waals surface area contributed by atoms with Crippen molar-refractivity contribution in [2.24, 2.45) is 5.73 Å². The van der Waals surface area contributed by atoms with E-state index in [0.717, 1.165) is 0 Å². The first-order valence-electron chi connectivity index (χ1n) is 6.33. The SMILES string of the molecule is CC1CN(C(=O)C2(N)CCOCC2)CC(C)O1. The molecule has 2 aliphatic rings. The van der Waals surface area contributed by atoms with Gasteiger partial charge in [0.05, 0.1) is 17.7 Å². The van der Waals surface area contributed by atoms with Crippen LogP contribution in [0.5, 0.6) is 0 Å². The quantitative estimate of drug-likeness (QED) is 0.710. The number of carbonyl (C=O) groups is 1. The van der Waals surface area contributed by atoms with Gasteiger partial charge in [0.25, 0.3) is 0 Å². The average molecular weight is 242 g/mol. The van der Waals surface area contributed by atoms with Crippen molar-refractivity contribution in [2.75, 3.05) is 26.3 Å². The van der Waals surface area contributed by atoms with Crippen molar-refractivity contribution in [3.05, 3.63) is 0 Å². The van der Waals surface area contributed by atoms with Crippen LogP contribution < -0.4 is 5.73 Å². The lowest BCUT2D eigenvalue weighted by atomic mass is 9.89. The van der Waals surface area contributed by atoms with Crippen LogP contribution in [0.4, 0.5) is 0 Å². The molecule has 0 aliphatic carbocycles. The molecule has 0 aromatic heterocycles. The van der Waals surface area contributed by atoms with Crippen LogP contribution in [-0.4, -0.2) is 54.9 Å². The maximum Gasteiger partial charge on any atom is 0.243 e. The zero-order valence-corrected chi connectivity index (χ0v) is 10.6. The second-order valence-electron chi connectivity index (χ2n) is 5.24. The zero-order valence-electron chi connectivity index (χ0n) is 10.6. The van der Waals surface area contributed by atoms with E-state index in [4.69, 9.17) is 15.2 Å². The summed E-state index contributed by atoms with van der Waals surface area (Å²) >= 11 is 0. The molecule has 1 amide bonds. The highest BCUT2D eigenvalue weighted by Crippen LogP contribution is 2.22. The van der Waals surface area contributed by atoms with Gasteiger partial charge >= 0.3 is 0 Å². The summed E-state index contributed by atoms with van der Waals surface area (Å²) in [4.78, 5) is 14.3. The summed E-state index contributed by atoms with van der Waals surface area (Å²) < 4.78 is 10.9. The smallest absolute Gasteiger partial charge is 0.243 e. The van der Waals surface area contributed by atoms with Crippen molar-refractivity contribution in [1.29, 1.82) is 0 Å². The molecule has 2 saturated heterocycles. The van der Waals surface area contributed by atoms with Crippen LogP contribution in [0.2, 0.25) is 0 Å². The number of nitrogens with zero attached hydrogens (tertiary/aromatic N) is 1. The van der Waals surface area contributed by atoms with E-state index in [1.165, 1.54) is 0 Å². The Labute approximate surface area is 102 Å². The average Bonchev–Trinajstić information content (AvgIpc) is 2.27. The van der Waals surface area contributed by atoms with Crippen LogP contribution in [-0.2, 0) is 14.3 Å². The van der Waals surface area contributed by atoms with Gasteiger partial charge in [0.15, 0.2) is 0 Å². The molecule has 2 unspecified atom stereocenters. The third kappa shape index (κ3) is 2.78. The molecule has 5 nitrogen and oxygen atoms in total. The van der Waals surface area contributed by atoms with Gasteiger partial charge in [-0.05, 0) is 26.7 Å². The Kier molecular flexibility index (Phi) is 3.70. The number of carbonyl (C=O) groups excluding carboxylic acids is 1. The molecule has 2 fully saturated rings. The number of morpholine rings is 1. The van der Waals surface area contributed by atoms with Crippen LogP contribution >= 0.6 is 0 Å². The van der Waals surface area contributed by atoms with E-state index in [2.05, 4.69) is 0 Å². The Morgan fingerprint density at radius 2 is 1.76 bits per heavy atom. The minimum atomic E-state index is -0.727. The van der Waals surface area contributed by atoms with E-state index in [0.29, 0.717) is 39.1 Å². The molecular weight excluding hydrogens is 220 g/mol. The molecule has 17 heavy (non-hydrogen) atoms. The normalized spacial score (nSPS) is 33.5. The maximum atomic E-state index is 12.5. The summed E-state index contributed by atoms with van der Waals surface area (Å²) in [6.07, 6.45) is 1.41. The van der Waals surface area contributed by atoms with Crippen molar-refractivity contribution in [2.45, 2.75) is 44.4 Å². The first kappa shape index (κ1) is 12.8. The summed E-state index contributed by atoms with van der Waals surface area (Å²) in [5.74, 6) is 0.0581. The number of amides is 1. The topological polar surface area (TPSA) is 64.8 Å². The Balaban J connectivity index is 2.03. The van der Waals surface area contributed by atoms with Crippen LogP contribution in [0.1, 0.15) is 26.7 Å². The number of hydrogen-bond donors (Lipinski definition) is 1. The van der Waals surface area contributed by atoms with Gasteiger partial charge in [-0.1, -0.05) is 0 Å². The highest BCUT2D eigenvalue weighted by atomic mass is 16.5. The fourth-order valence-electron chi connectivity index (χ4n) is 2.61. The van der Waals surface area contributed by atoms with E-state index in [1.807, 2.05) is 18.7 Å². The highest BCUT2D eigenvalue weighted by molar-refractivity contribution is 5.86. The summed E-state index contributed by atoms with van der Waals surface area (Å²) in [7, 11) is 0. The summed E-state index contributed by atoms with van der Waals surface area (Å²) in [6.45, 7) is 6.42. The molecule has 0 aromatic rings. The largest absolute Gasteiger partial charge is 0.381 e. The van der Waals surface area contributed by atoms with Gasteiger partial charge in [-0.25, -0.2) is 0 Å². The van der Waals surface area contributed by atoms with Gasteiger partial charge in [0.1, 0.15) is 0 Å². The van der Waals surface area contributed by atoms with Gasteiger partial charge < -0.3 is 20.1 Å². The molecule has 0 spiro atoms. The number of rotatable bonds is 1. The minimum absolute atomic E-state index is 0.0581. The van der Waals surface area contributed by atoms with Crippen molar-refractivity contribution >= 4 is 5.91 Å². The van der Waals surface area contributed by atoms with E-state index >= 15 is 0 Å². The third-order valence-electron chi connectivity index (χ3n) is 3.52. The second-order valence-corrected chi connectivity index (χ2v) is 5.24. The standard InChI is InChI=1S/C12H22N2O3/c1-9-7-14(8-10(2)17-9)11(15)12(13)3-5-16-6-4-12/h9-10H,3-8,13H2,1-2H3. The summed E-state index contributed by atoms with van der Waals surface area (Å²) in [6, 6.07) is 0. The molecule has 2 aliphatic heterocycles. The van der Waals surface area contributed by atoms with Crippen LogP contribution in [0.3, 0.4) is 0 Å². The van der Waals surface area contributed by atoms with Gasteiger partial charge in [-0.2, -0.15) is 0 Å². The molecule has 0 radical (unpaired) electrons. The van der Waals surface area contributed by atoms with Gasteiger partial charge in [0.2, 0.25) is 5.91 Å². The molecule has 2 rings (SSSR count). The summed E-state index contributed by atoms with van der Waals surface area (Å²) in [5, 5.41) is 0. The molecule has 0 saturated carbocycles. The molecule has 2 atom stereocenters. The molecular formula is C12H22N2O3. The predicted octanol–water partition coefficient (Wildman–Crippen LogP) is 0.130. The zero-order chi connectivity index (χ0) is 12.5. The fraction of sp³-hybridized carbons (Fsp3) is 0.917. The molecule has 5 heteroatoms. The Morgan fingerprint density at radius 3 is 2.29 bits per heavy atom. The Hall–Kier alpha value is -0.650. The van der Waals surface area contributed by atoms with Crippen LogP contribution in [0.15, 0.2) is 0 Å². The lowest BCUT2D eigenvalue weighted by Crippen LogP contribution is -2.61. The fourth-order valence-corrected chi connectivity index (χ4v) is 2.61. The third-order valence-corrected chi connectivity index (χ3v) is 3.52. The van der Waals surface area contributed by atoms with Gasteiger partial charge in [-0.3, -0.25) is 4.79 Å². The van der Waals surface area contributed by atoms with E-state index in [1.54, 1.807) is 0 Å². The molecule has 0 bridgehead atoms.